The number of carbonyl (C=O) groups is 2. The van der Waals surface area contributed by atoms with Crippen molar-refractivity contribution in [2.45, 2.75) is 13.5 Å². The quantitative estimate of drug-likeness (QED) is 0.942. The van der Waals surface area contributed by atoms with Gasteiger partial charge < -0.3 is 14.8 Å². The highest BCUT2D eigenvalue weighted by atomic mass is 35.5. The van der Waals surface area contributed by atoms with Gasteiger partial charge in [0, 0.05) is 37.9 Å². The number of nitrogens with one attached hydrogen (secondary N) is 1. The SMILES string of the molecule is CC(=O)Nc1cc(Cl)ccc1C(=O)N(C)Cc1cccn1C. The molecule has 1 N–H and O–H groups in total. The first-order valence-corrected chi connectivity index (χ1v) is 7.19. The molecule has 0 aliphatic rings. The molecule has 6 heteroatoms. The van der Waals surface area contributed by atoms with Gasteiger partial charge in [-0.05, 0) is 30.3 Å². The molecule has 0 saturated carbocycles. The third-order valence-electron chi connectivity index (χ3n) is 3.32. The molecule has 0 bridgehead atoms. The molecule has 5 nitrogen and oxygen atoms in total. The van der Waals surface area contributed by atoms with Crippen LogP contribution in [-0.4, -0.2) is 28.3 Å². The average Bonchev–Trinajstić information content (AvgIpc) is 2.83. The van der Waals surface area contributed by atoms with Crippen molar-refractivity contribution in [3.63, 3.8) is 0 Å². The number of aromatic nitrogens is 1. The van der Waals surface area contributed by atoms with Crippen molar-refractivity contribution in [2.24, 2.45) is 7.05 Å². The molecule has 2 amide bonds. The first kappa shape index (κ1) is 16.1. The minimum absolute atomic E-state index is 0.179. The standard InChI is InChI=1S/C16H18ClN3O2/c1-11(21)18-15-9-12(17)6-7-14(15)16(22)20(3)10-13-5-4-8-19(13)2/h4-9H,10H2,1-3H3,(H,18,21). The highest BCUT2D eigenvalue weighted by molar-refractivity contribution is 6.31. The van der Waals surface area contributed by atoms with Crippen molar-refractivity contribution in [1.82, 2.24) is 9.47 Å². The van der Waals surface area contributed by atoms with Crippen molar-refractivity contribution >= 4 is 29.1 Å². The van der Waals surface area contributed by atoms with Gasteiger partial charge in [-0.1, -0.05) is 11.6 Å². The van der Waals surface area contributed by atoms with E-state index in [-0.39, 0.29) is 11.8 Å². The first-order valence-electron chi connectivity index (χ1n) is 6.81. The highest BCUT2D eigenvalue weighted by Crippen LogP contribution is 2.23. The number of hydrogen-bond acceptors (Lipinski definition) is 2. The number of aryl methyl sites for hydroxylation is 1. The summed E-state index contributed by atoms with van der Waals surface area (Å²) in [5.74, 6) is -0.428. The molecule has 0 aliphatic carbocycles. The number of halogens is 1. The van der Waals surface area contributed by atoms with Gasteiger partial charge in [-0.3, -0.25) is 9.59 Å². The number of nitrogens with zero attached hydrogens (tertiary/aromatic N) is 2. The summed E-state index contributed by atoms with van der Waals surface area (Å²) in [5, 5.41) is 3.11. The Morgan fingerprint density at radius 2 is 2.05 bits per heavy atom. The van der Waals surface area contributed by atoms with Crippen LogP contribution < -0.4 is 5.32 Å². The number of amides is 2. The highest BCUT2D eigenvalue weighted by Gasteiger charge is 2.17. The molecule has 0 spiro atoms. The van der Waals surface area contributed by atoms with Crippen molar-refractivity contribution < 1.29 is 9.59 Å². The summed E-state index contributed by atoms with van der Waals surface area (Å²) in [4.78, 5) is 25.5. The Kier molecular flexibility index (Phi) is 4.88. The van der Waals surface area contributed by atoms with Gasteiger partial charge in [0.2, 0.25) is 5.91 Å². The van der Waals surface area contributed by atoms with Gasteiger partial charge >= 0.3 is 0 Å². The second kappa shape index (κ2) is 6.66. The fourth-order valence-corrected chi connectivity index (χ4v) is 2.35. The third kappa shape index (κ3) is 3.68. The van der Waals surface area contributed by atoms with Gasteiger partial charge in [-0.2, -0.15) is 0 Å². The molecule has 2 rings (SSSR count). The summed E-state index contributed by atoms with van der Waals surface area (Å²) in [6.45, 7) is 1.87. The Morgan fingerprint density at radius 1 is 1.32 bits per heavy atom. The Balaban J connectivity index is 2.24. The summed E-state index contributed by atoms with van der Waals surface area (Å²) in [5.41, 5.74) is 1.85. The van der Waals surface area contributed by atoms with Crippen LogP contribution in [0, 0.1) is 0 Å². The maximum absolute atomic E-state index is 12.6. The molecular formula is C16H18ClN3O2. The van der Waals surface area contributed by atoms with Gasteiger partial charge in [0.1, 0.15) is 0 Å². The van der Waals surface area contributed by atoms with Crippen LogP contribution in [0.2, 0.25) is 5.02 Å². The number of rotatable bonds is 4. The van der Waals surface area contributed by atoms with E-state index in [0.29, 0.717) is 22.8 Å². The van der Waals surface area contributed by atoms with E-state index in [0.717, 1.165) is 5.69 Å². The molecular weight excluding hydrogens is 302 g/mol. The minimum atomic E-state index is -0.249. The van der Waals surface area contributed by atoms with Crippen LogP contribution >= 0.6 is 11.6 Å². The van der Waals surface area contributed by atoms with Crippen LogP contribution in [0.3, 0.4) is 0 Å². The lowest BCUT2D eigenvalue weighted by molar-refractivity contribution is -0.114. The Labute approximate surface area is 134 Å². The zero-order valence-electron chi connectivity index (χ0n) is 12.8. The van der Waals surface area contributed by atoms with Crippen molar-refractivity contribution in [1.29, 1.82) is 0 Å². The molecule has 0 radical (unpaired) electrons. The summed E-state index contributed by atoms with van der Waals surface area (Å²) in [7, 11) is 3.65. The molecule has 1 aromatic carbocycles. The maximum Gasteiger partial charge on any atom is 0.256 e. The predicted molar refractivity (Wildman–Crippen MR) is 87.0 cm³/mol. The molecule has 0 saturated heterocycles. The fourth-order valence-electron chi connectivity index (χ4n) is 2.18. The summed E-state index contributed by atoms with van der Waals surface area (Å²) in [6.07, 6.45) is 1.93. The van der Waals surface area contributed by atoms with Gasteiger partial charge in [0.05, 0.1) is 17.8 Å². The topological polar surface area (TPSA) is 54.3 Å². The van der Waals surface area contributed by atoms with Crippen LogP contribution in [0.4, 0.5) is 5.69 Å². The van der Waals surface area contributed by atoms with Crippen LogP contribution in [0.15, 0.2) is 36.5 Å². The normalized spacial score (nSPS) is 10.4. The maximum atomic E-state index is 12.6. The van der Waals surface area contributed by atoms with Crippen molar-refractivity contribution in [3.8, 4) is 0 Å². The zero-order valence-corrected chi connectivity index (χ0v) is 13.5. The summed E-state index contributed by atoms with van der Waals surface area (Å²) >= 11 is 5.94. The van der Waals surface area contributed by atoms with Crippen LogP contribution in [-0.2, 0) is 18.4 Å². The van der Waals surface area contributed by atoms with Crippen LogP contribution in [0.1, 0.15) is 23.0 Å². The van der Waals surface area contributed by atoms with E-state index in [2.05, 4.69) is 5.32 Å². The first-order chi connectivity index (χ1) is 10.4. The largest absolute Gasteiger partial charge is 0.353 e. The number of carbonyl (C=O) groups excluding carboxylic acids is 2. The van der Waals surface area contributed by atoms with E-state index in [1.54, 1.807) is 30.1 Å². The third-order valence-corrected chi connectivity index (χ3v) is 3.56. The van der Waals surface area contributed by atoms with Crippen molar-refractivity contribution in [3.05, 3.63) is 52.8 Å². The lowest BCUT2D eigenvalue weighted by Crippen LogP contribution is -2.28. The Hall–Kier alpha value is -2.27. The average molecular weight is 320 g/mol. The Morgan fingerprint density at radius 3 is 2.64 bits per heavy atom. The monoisotopic (exact) mass is 319 g/mol. The molecule has 1 aromatic heterocycles. The fraction of sp³-hybridized carbons (Fsp3) is 0.250. The molecule has 0 aliphatic heterocycles. The van der Waals surface area contributed by atoms with E-state index in [9.17, 15) is 9.59 Å². The molecule has 0 atom stereocenters. The van der Waals surface area contributed by atoms with E-state index in [1.165, 1.54) is 6.92 Å². The minimum Gasteiger partial charge on any atom is -0.353 e. The molecule has 22 heavy (non-hydrogen) atoms. The Bertz CT molecular complexity index is 709. The van der Waals surface area contributed by atoms with Gasteiger partial charge in [-0.25, -0.2) is 0 Å². The van der Waals surface area contributed by atoms with E-state index in [1.807, 2.05) is 29.9 Å². The molecule has 1 heterocycles. The van der Waals surface area contributed by atoms with Crippen LogP contribution in [0.25, 0.3) is 0 Å². The second-order valence-corrected chi connectivity index (χ2v) is 5.58. The van der Waals surface area contributed by atoms with E-state index in [4.69, 9.17) is 11.6 Å². The second-order valence-electron chi connectivity index (χ2n) is 5.14. The van der Waals surface area contributed by atoms with Gasteiger partial charge in [-0.15, -0.1) is 0 Å². The zero-order chi connectivity index (χ0) is 16.3. The van der Waals surface area contributed by atoms with Gasteiger partial charge in [0.15, 0.2) is 0 Å². The molecule has 2 aromatic rings. The molecule has 0 fully saturated rings. The molecule has 0 unspecified atom stereocenters. The number of hydrogen-bond donors (Lipinski definition) is 1. The lowest BCUT2D eigenvalue weighted by atomic mass is 10.1. The van der Waals surface area contributed by atoms with E-state index >= 15 is 0 Å². The summed E-state index contributed by atoms with van der Waals surface area (Å²) < 4.78 is 1.96. The predicted octanol–water partition coefficient (Wildman–Crippen LogP) is 2.91. The van der Waals surface area contributed by atoms with Crippen molar-refractivity contribution in [2.75, 3.05) is 12.4 Å². The van der Waals surface area contributed by atoms with E-state index < -0.39 is 0 Å². The number of benzene rings is 1. The van der Waals surface area contributed by atoms with Crippen LogP contribution in [0.5, 0.6) is 0 Å². The smallest absolute Gasteiger partial charge is 0.256 e. The summed E-state index contributed by atoms with van der Waals surface area (Å²) in [6, 6.07) is 8.72. The lowest BCUT2D eigenvalue weighted by Gasteiger charge is -2.19. The molecule has 116 valence electrons. The van der Waals surface area contributed by atoms with Gasteiger partial charge in [0.25, 0.3) is 5.91 Å². The number of anilines is 1.